The standard InChI is InChI=1S/C27H29N3O4/c1-17(2)24(27(33)28-22-11-7-5-9-18(22)3)30-26(32)21-10-6-8-12-23(21)29-25(31)19-13-15-20(34-4)16-14-19/h5-17,24H,1-4H3,(H,28,33)(H,29,31)(H,30,32)/t24-/m1/s1. The molecule has 0 aliphatic heterocycles. The third-order valence-corrected chi connectivity index (χ3v) is 5.41. The second-order valence-electron chi connectivity index (χ2n) is 8.23. The van der Waals surface area contributed by atoms with E-state index in [0.29, 0.717) is 22.7 Å². The van der Waals surface area contributed by atoms with Crippen LogP contribution in [0, 0.1) is 12.8 Å². The fourth-order valence-corrected chi connectivity index (χ4v) is 3.40. The van der Waals surface area contributed by atoms with Gasteiger partial charge in [-0.2, -0.15) is 0 Å². The molecule has 3 aromatic rings. The first-order valence-corrected chi connectivity index (χ1v) is 11.0. The summed E-state index contributed by atoms with van der Waals surface area (Å²) in [4.78, 5) is 38.8. The molecule has 3 amide bonds. The molecule has 0 bridgehead atoms. The van der Waals surface area contributed by atoms with Gasteiger partial charge in [0.2, 0.25) is 5.91 Å². The lowest BCUT2D eigenvalue weighted by Gasteiger charge is -2.23. The lowest BCUT2D eigenvalue weighted by Crippen LogP contribution is -2.47. The van der Waals surface area contributed by atoms with E-state index >= 15 is 0 Å². The molecule has 7 nitrogen and oxygen atoms in total. The highest BCUT2D eigenvalue weighted by Gasteiger charge is 2.26. The Bertz CT molecular complexity index is 1170. The van der Waals surface area contributed by atoms with E-state index in [9.17, 15) is 14.4 Å². The molecule has 0 aliphatic carbocycles. The van der Waals surface area contributed by atoms with E-state index in [1.165, 1.54) is 0 Å². The lowest BCUT2D eigenvalue weighted by molar-refractivity contribution is -0.118. The molecule has 0 heterocycles. The van der Waals surface area contributed by atoms with E-state index in [0.717, 1.165) is 5.56 Å². The lowest BCUT2D eigenvalue weighted by atomic mass is 10.0. The maximum Gasteiger partial charge on any atom is 0.255 e. The van der Waals surface area contributed by atoms with Gasteiger partial charge in [-0.25, -0.2) is 0 Å². The van der Waals surface area contributed by atoms with Gasteiger partial charge in [0.1, 0.15) is 11.8 Å². The molecule has 0 saturated heterocycles. The van der Waals surface area contributed by atoms with Gasteiger partial charge in [-0.15, -0.1) is 0 Å². The zero-order valence-corrected chi connectivity index (χ0v) is 19.7. The number of rotatable bonds is 8. The van der Waals surface area contributed by atoms with Crippen molar-refractivity contribution >= 4 is 29.1 Å². The molecule has 0 spiro atoms. The van der Waals surface area contributed by atoms with Crippen LogP contribution in [0.15, 0.2) is 72.8 Å². The van der Waals surface area contributed by atoms with Gasteiger partial charge in [0.25, 0.3) is 11.8 Å². The van der Waals surface area contributed by atoms with Crippen molar-refractivity contribution in [1.82, 2.24) is 5.32 Å². The molecule has 176 valence electrons. The Balaban J connectivity index is 1.76. The van der Waals surface area contributed by atoms with Gasteiger partial charge in [-0.3, -0.25) is 14.4 Å². The largest absolute Gasteiger partial charge is 0.497 e. The fourth-order valence-electron chi connectivity index (χ4n) is 3.40. The Morgan fingerprint density at radius 1 is 0.765 bits per heavy atom. The number of anilines is 2. The van der Waals surface area contributed by atoms with Crippen LogP contribution in [0.5, 0.6) is 5.75 Å². The minimum atomic E-state index is -0.766. The van der Waals surface area contributed by atoms with Crippen LogP contribution in [0.2, 0.25) is 0 Å². The zero-order valence-electron chi connectivity index (χ0n) is 19.7. The maximum absolute atomic E-state index is 13.1. The second-order valence-corrected chi connectivity index (χ2v) is 8.23. The molecule has 3 N–H and O–H groups in total. The summed E-state index contributed by atoms with van der Waals surface area (Å²) in [7, 11) is 1.55. The van der Waals surface area contributed by atoms with Crippen molar-refractivity contribution in [3.05, 3.63) is 89.5 Å². The predicted octanol–water partition coefficient (Wildman–Crippen LogP) is 4.65. The van der Waals surface area contributed by atoms with Crippen LogP contribution in [-0.4, -0.2) is 30.9 Å². The highest BCUT2D eigenvalue weighted by Crippen LogP contribution is 2.19. The number of nitrogens with one attached hydrogen (secondary N) is 3. The molecule has 0 aromatic heterocycles. The van der Waals surface area contributed by atoms with Crippen LogP contribution in [0.4, 0.5) is 11.4 Å². The second kappa shape index (κ2) is 11.1. The number of aryl methyl sites for hydroxylation is 1. The van der Waals surface area contributed by atoms with Crippen LogP contribution in [-0.2, 0) is 4.79 Å². The topological polar surface area (TPSA) is 96.5 Å². The molecule has 7 heteroatoms. The number of ether oxygens (including phenoxy) is 1. The van der Waals surface area contributed by atoms with E-state index in [1.807, 2.05) is 45.0 Å². The molecule has 0 fully saturated rings. The Hall–Kier alpha value is -4.13. The molecular formula is C27H29N3O4. The predicted molar refractivity (Wildman–Crippen MR) is 133 cm³/mol. The number of hydrogen-bond donors (Lipinski definition) is 3. The van der Waals surface area contributed by atoms with Crippen LogP contribution in [0.3, 0.4) is 0 Å². The average molecular weight is 460 g/mol. The Labute approximate surface area is 199 Å². The highest BCUT2D eigenvalue weighted by atomic mass is 16.5. The molecule has 0 radical (unpaired) electrons. The number of carbonyl (C=O) groups is 3. The summed E-state index contributed by atoms with van der Waals surface area (Å²) in [5.41, 5.74) is 2.66. The number of para-hydroxylation sites is 2. The van der Waals surface area contributed by atoms with Crippen molar-refractivity contribution in [3.63, 3.8) is 0 Å². The summed E-state index contributed by atoms with van der Waals surface area (Å²) in [6.45, 7) is 5.62. The van der Waals surface area contributed by atoms with Gasteiger partial charge < -0.3 is 20.7 Å². The van der Waals surface area contributed by atoms with Gasteiger partial charge in [0, 0.05) is 11.3 Å². The van der Waals surface area contributed by atoms with Crippen LogP contribution >= 0.6 is 0 Å². The van der Waals surface area contributed by atoms with Crippen molar-refractivity contribution in [1.29, 1.82) is 0 Å². The first-order chi connectivity index (χ1) is 16.3. The molecule has 34 heavy (non-hydrogen) atoms. The number of amides is 3. The summed E-state index contributed by atoms with van der Waals surface area (Å²) >= 11 is 0. The Morgan fingerprint density at radius 3 is 2.00 bits per heavy atom. The zero-order chi connectivity index (χ0) is 24.7. The van der Waals surface area contributed by atoms with E-state index in [-0.39, 0.29) is 23.3 Å². The third kappa shape index (κ3) is 6.01. The summed E-state index contributed by atoms with van der Waals surface area (Å²) in [6.07, 6.45) is 0. The molecule has 1 atom stereocenters. The van der Waals surface area contributed by atoms with Gasteiger partial charge in [-0.1, -0.05) is 44.2 Å². The number of carbonyl (C=O) groups excluding carboxylic acids is 3. The normalized spacial score (nSPS) is 11.4. The molecule has 0 aliphatic rings. The highest BCUT2D eigenvalue weighted by molar-refractivity contribution is 6.10. The molecule has 0 unspecified atom stereocenters. The number of benzene rings is 3. The minimum Gasteiger partial charge on any atom is -0.497 e. The SMILES string of the molecule is COc1ccc(C(=O)Nc2ccccc2C(=O)N[C@@H](C(=O)Nc2ccccc2C)C(C)C)cc1. The van der Waals surface area contributed by atoms with E-state index in [4.69, 9.17) is 4.74 Å². The van der Waals surface area contributed by atoms with Crippen molar-refractivity contribution in [2.45, 2.75) is 26.8 Å². The third-order valence-electron chi connectivity index (χ3n) is 5.41. The molecular weight excluding hydrogens is 430 g/mol. The summed E-state index contributed by atoms with van der Waals surface area (Å²) < 4.78 is 5.12. The van der Waals surface area contributed by atoms with Gasteiger partial charge in [0.15, 0.2) is 0 Å². The van der Waals surface area contributed by atoms with Crippen LogP contribution in [0.25, 0.3) is 0 Å². The Kier molecular flexibility index (Phi) is 8.03. The van der Waals surface area contributed by atoms with Gasteiger partial charge in [-0.05, 0) is 60.9 Å². The van der Waals surface area contributed by atoms with E-state index in [2.05, 4.69) is 16.0 Å². The smallest absolute Gasteiger partial charge is 0.255 e. The summed E-state index contributed by atoms with van der Waals surface area (Å²) in [5.74, 6) is -0.642. The van der Waals surface area contributed by atoms with Crippen LogP contribution < -0.4 is 20.7 Å². The number of methoxy groups -OCH3 is 1. The first-order valence-electron chi connectivity index (χ1n) is 11.0. The van der Waals surface area contributed by atoms with Crippen molar-refractivity contribution in [2.75, 3.05) is 17.7 Å². The summed E-state index contributed by atoms with van der Waals surface area (Å²) in [6, 6.07) is 20.0. The van der Waals surface area contributed by atoms with E-state index < -0.39 is 11.9 Å². The first kappa shape index (κ1) is 24.5. The number of hydrogen-bond acceptors (Lipinski definition) is 4. The van der Waals surface area contributed by atoms with Crippen molar-refractivity contribution < 1.29 is 19.1 Å². The van der Waals surface area contributed by atoms with Gasteiger partial charge >= 0.3 is 0 Å². The maximum atomic E-state index is 13.1. The average Bonchev–Trinajstić information content (AvgIpc) is 2.83. The molecule has 3 rings (SSSR count). The van der Waals surface area contributed by atoms with Crippen molar-refractivity contribution in [3.8, 4) is 5.75 Å². The Morgan fingerprint density at radius 2 is 1.38 bits per heavy atom. The molecule has 3 aromatic carbocycles. The van der Waals surface area contributed by atoms with Crippen molar-refractivity contribution in [2.24, 2.45) is 5.92 Å². The van der Waals surface area contributed by atoms with Crippen LogP contribution in [0.1, 0.15) is 40.1 Å². The quantitative estimate of drug-likeness (QED) is 0.457. The fraction of sp³-hybridized carbons (Fsp3) is 0.222. The van der Waals surface area contributed by atoms with Gasteiger partial charge in [0.05, 0.1) is 18.4 Å². The van der Waals surface area contributed by atoms with E-state index in [1.54, 1.807) is 55.6 Å². The molecule has 0 saturated carbocycles. The summed E-state index contributed by atoms with van der Waals surface area (Å²) in [5, 5.41) is 8.50. The monoisotopic (exact) mass is 459 g/mol. The minimum absolute atomic E-state index is 0.158.